The fraction of sp³-hybridized carbons (Fsp3) is 0.302. The van der Waals surface area contributed by atoms with Gasteiger partial charge in [0.25, 0.3) is 0 Å². The Morgan fingerprint density at radius 2 is 1.75 bits per heavy atom. The van der Waals surface area contributed by atoms with Crippen LogP contribution >= 0.6 is 0 Å². The summed E-state index contributed by atoms with van der Waals surface area (Å²) < 4.78 is 0. The van der Waals surface area contributed by atoms with Gasteiger partial charge >= 0.3 is 0 Å². The number of imidazole rings is 1. The molecule has 1 fully saturated rings. The molecule has 0 radical (unpaired) electrons. The average Bonchev–Trinajstić information content (AvgIpc) is 3.97. The largest absolute Gasteiger partial charge is 0.355 e. The lowest BCUT2D eigenvalue weighted by atomic mass is 9.99. The molecular weight excluding hydrogens is 663 g/mol. The van der Waals surface area contributed by atoms with Crippen LogP contribution < -0.4 is 11.1 Å². The van der Waals surface area contributed by atoms with Crippen molar-refractivity contribution in [2.45, 2.75) is 64.0 Å². The minimum Gasteiger partial charge on any atom is -0.355 e. The van der Waals surface area contributed by atoms with Crippen LogP contribution in [0, 0.1) is 0 Å². The molecule has 10 nitrogen and oxygen atoms in total. The van der Waals surface area contributed by atoms with Crippen molar-refractivity contribution in [1.82, 2.24) is 30.1 Å². The van der Waals surface area contributed by atoms with Crippen molar-refractivity contribution in [1.29, 1.82) is 0 Å². The zero-order chi connectivity index (χ0) is 36.7. The zero-order valence-corrected chi connectivity index (χ0v) is 30.2. The predicted octanol–water partition coefficient (Wildman–Crippen LogP) is 6.97. The Kier molecular flexibility index (Phi) is 11.0. The normalized spacial score (nSPS) is 16.3. The minimum absolute atomic E-state index is 0.0359. The molecule has 3 amide bonds. The SMILES string of the molecule is CCCCN(CC(=O)NC1=CC=C(c2cc3cc(-c4cnc(C5CCCN5C(=O)C(N)c5ccccc5)[nH]4)ccc3[nH]2)CC1)C(=O)Cc1ccccc1. The molecule has 0 spiro atoms. The average molecular weight is 710 g/mol. The number of allylic oxidation sites excluding steroid dienone is 4. The van der Waals surface area contributed by atoms with Crippen LogP contribution in [0.3, 0.4) is 0 Å². The molecule has 3 heterocycles. The van der Waals surface area contributed by atoms with Gasteiger partial charge < -0.3 is 30.8 Å². The molecule has 5 aromatic rings. The van der Waals surface area contributed by atoms with E-state index in [0.717, 1.165) is 88.2 Å². The highest BCUT2D eigenvalue weighted by Crippen LogP contribution is 2.35. The number of unbranched alkanes of at least 4 members (excludes halogenated alkanes) is 1. The number of carbonyl (C=O) groups is 3. The van der Waals surface area contributed by atoms with Crippen molar-refractivity contribution in [3.63, 3.8) is 0 Å². The van der Waals surface area contributed by atoms with E-state index in [1.807, 2.05) is 77.8 Å². The van der Waals surface area contributed by atoms with Crippen LogP contribution in [0.2, 0.25) is 0 Å². The van der Waals surface area contributed by atoms with Crippen molar-refractivity contribution in [3.05, 3.63) is 132 Å². The molecule has 53 heavy (non-hydrogen) atoms. The number of carbonyl (C=O) groups excluding carboxylic acids is 3. The Balaban J connectivity index is 0.988. The van der Waals surface area contributed by atoms with E-state index in [0.29, 0.717) is 19.5 Å². The Morgan fingerprint density at radius 3 is 2.51 bits per heavy atom. The van der Waals surface area contributed by atoms with Crippen molar-refractivity contribution < 1.29 is 14.4 Å². The first-order valence-corrected chi connectivity index (χ1v) is 18.7. The molecule has 1 saturated heterocycles. The molecule has 2 aliphatic rings. The van der Waals surface area contributed by atoms with Crippen molar-refractivity contribution >= 4 is 34.2 Å². The summed E-state index contributed by atoms with van der Waals surface area (Å²) in [4.78, 5) is 54.8. The van der Waals surface area contributed by atoms with Crippen LogP contribution in [0.25, 0.3) is 27.7 Å². The topological polar surface area (TPSA) is 140 Å². The number of hydrogen-bond donors (Lipinski definition) is 4. The van der Waals surface area contributed by atoms with E-state index in [1.54, 1.807) is 4.90 Å². The quantitative estimate of drug-likeness (QED) is 0.105. The Bertz CT molecular complexity index is 2130. The molecule has 1 aliphatic heterocycles. The van der Waals surface area contributed by atoms with Crippen LogP contribution in [0.4, 0.5) is 0 Å². The molecule has 1 aliphatic carbocycles. The van der Waals surface area contributed by atoms with E-state index in [1.165, 1.54) is 0 Å². The number of rotatable bonds is 13. The highest BCUT2D eigenvalue weighted by molar-refractivity contribution is 5.89. The highest BCUT2D eigenvalue weighted by atomic mass is 16.2. The molecule has 0 bridgehead atoms. The van der Waals surface area contributed by atoms with Gasteiger partial charge in [0.05, 0.1) is 30.9 Å². The van der Waals surface area contributed by atoms with E-state index in [-0.39, 0.29) is 36.7 Å². The maximum atomic E-state index is 13.4. The number of H-pyrrole nitrogens is 2. The second-order valence-electron chi connectivity index (χ2n) is 14.0. The number of nitrogens with two attached hydrogens (primary N) is 1. The van der Waals surface area contributed by atoms with Gasteiger partial charge in [-0.2, -0.15) is 0 Å². The van der Waals surface area contributed by atoms with E-state index >= 15 is 0 Å². The molecule has 0 saturated carbocycles. The lowest BCUT2D eigenvalue weighted by Gasteiger charge is -2.26. The van der Waals surface area contributed by atoms with Gasteiger partial charge in [0, 0.05) is 40.9 Å². The van der Waals surface area contributed by atoms with Crippen molar-refractivity contribution in [2.75, 3.05) is 19.6 Å². The molecular formula is C43H47N7O3. The van der Waals surface area contributed by atoms with Crippen molar-refractivity contribution in [2.24, 2.45) is 5.73 Å². The van der Waals surface area contributed by atoms with E-state index in [2.05, 4.69) is 52.5 Å². The molecule has 7 rings (SSSR count). The van der Waals surface area contributed by atoms with Gasteiger partial charge in [-0.1, -0.05) is 86.2 Å². The summed E-state index contributed by atoms with van der Waals surface area (Å²) >= 11 is 0. The molecule has 10 heteroatoms. The summed E-state index contributed by atoms with van der Waals surface area (Å²) in [6.07, 6.45) is 11.1. The van der Waals surface area contributed by atoms with Gasteiger partial charge in [-0.05, 0) is 73.1 Å². The molecule has 3 aromatic carbocycles. The summed E-state index contributed by atoms with van der Waals surface area (Å²) in [7, 11) is 0. The monoisotopic (exact) mass is 709 g/mol. The zero-order valence-electron chi connectivity index (χ0n) is 30.2. The Hall–Kier alpha value is -5.74. The highest BCUT2D eigenvalue weighted by Gasteiger charge is 2.35. The summed E-state index contributed by atoms with van der Waals surface area (Å²) in [6.45, 7) is 3.34. The van der Waals surface area contributed by atoms with E-state index in [9.17, 15) is 14.4 Å². The molecule has 2 aromatic heterocycles. The van der Waals surface area contributed by atoms with Gasteiger partial charge in [0.1, 0.15) is 11.9 Å². The predicted molar refractivity (Wildman–Crippen MR) is 208 cm³/mol. The standard InChI is InChI=1S/C43H47N7O3/c1-2-3-22-49(40(52)24-29-11-6-4-7-12-29)28-39(51)46-34-19-16-30(17-20-34)36-26-33-25-32(18-21-35(33)47-36)37-27-45-42(48-37)38-15-10-23-50(38)43(53)41(44)31-13-8-5-9-14-31/h4-9,11-14,16,18-19,21,25-27,38,41,47H,2-3,10,15,17,20,22-24,28,44H2,1H3,(H,45,48)(H,46,51). The van der Waals surface area contributed by atoms with Crippen LogP contribution in [0.1, 0.15) is 80.2 Å². The van der Waals surface area contributed by atoms with Crippen LogP contribution in [0.5, 0.6) is 0 Å². The lowest BCUT2D eigenvalue weighted by molar-refractivity contribution is -0.135. The van der Waals surface area contributed by atoms with Gasteiger partial charge in [0.2, 0.25) is 17.7 Å². The molecule has 272 valence electrons. The first kappa shape index (κ1) is 35.7. The maximum Gasteiger partial charge on any atom is 0.244 e. The number of nitrogens with zero attached hydrogens (tertiary/aromatic N) is 3. The fourth-order valence-corrected chi connectivity index (χ4v) is 7.30. The summed E-state index contributed by atoms with van der Waals surface area (Å²) in [5.41, 5.74) is 14.1. The van der Waals surface area contributed by atoms with Gasteiger partial charge in [-0.25, -0.2) is 4.98 Å². The number of amides is 3. The van der Waals surface area contributed by atoms with Crippen molar-refractivity contribution in [3.8, 4) is 11.3 Å². The number of nitrogens with one attached hydrogen (secondary N) is 3. The first-order chi connectivity index (χ1) is 25.9. The third-order valence-corrected chi connectivity index (χ3v) is 10.3. The number of hydrogen-bond acceptors (Lipinski definition) is 5. The third kappa shape index (κ3) is 8.34. The minimum atomic E-state index is -0.704. The smallest absolute Gasteiger partial charge is 0.244 e. The summed E-state index contributed by atoms with van der Waals surface area (Å²) in [6, 6.07) is 26.8. The second-order valence-corrected chi connectivity index (χ2v) is 14.0. The fourth-order valence-electron chi connectivity index (χ4n) is 7.30. The molecule has 5 N–H and O–H groups in total. The number of benzene rings is 3. The number of aromatic nitrogens is 3. The van der Waals surface area contributed by atoms with Crippen LogP contribution in [-0.2, 0) is 20.8 Å². The van der Waals surface area contributed by atoms with E-state index in [4.69, 9.17) is 10.7 Å². The molecule has 2 unspecified atom stereocenters. The third-order valence-electron chi connectivity index (χ3n) is 10.3. The first-order valence-electron chi connectivity index (χ1n) is 18.7. The van der Waals surface area contributed by atoms with E-state index < -0.39 is 6.04 Å². The number of likely N-dealkylation sites (tertiary alicyclic amines) is 1. The second kappa shape index (κ2) is 16.3. The molecule has 2 atom stereocenters. The van der Waals surface area contributed by atoms with Crippen LogP contribution in [-0.4, -0.2) is 62.1 Å². The van der Waals surface area contributed by atoms with Gasteiger partial charge in [-0.3, -0.25) is 14.4 Å². The summed E-state index contributed by atoms with van der Waals surface area (Å²) in [5.74, 6) is 0.481. The Labute approximate surface area is 310 Å². The summed E-state index contributed by atoms with van der Waals surface area (Å²) in [5, 5.41) is 4.13. The Morgan fingerprint density at radius 1 is 0.962 bits per heavy atom. The number of aromatic amines is 2. The van der Waals surface area contributed by atoms with Crippen LogP contribution in [0.15, 0.2) is 109 Å². The van der Waals surface area contributed by atoms with Gasteiger partial charge in [-0.15, -0.1) is 0 Å². The number of fused-ring (bicyclic) bond motifs is 1. The maximum absolute atomic E-state index is 13.4. The lowest BCUT2D eigenvalue weighted by Crippen LogP contribution is -2.41. The van der Waals surface area contributed by atoms with Gasteiger partial charge in [0.15, 0.2) is 0 Å².